The van der Waals surface area contributed by atoms with Crippen molar-refractivity contribution in [1.82, 2.24) is 19.7 Å². The van der Waals surface area contributed by atoms with E-state index < -0.39 is 9.84 Å². The lowest BCUT2D eigenvalue weighted by atomic mass is 10.1. The number of amides is 1. The molecule has 2 aromatic heterocycles. The molecule has 2 aromatic carbocycles. The van der Waals surface area contributed by atoms with Crippen LogP contribution in [0.5, 0.6) is 0 Å². The quantitative estimate of drug-likeness (QED) is 0.411. The highest BCUT2D eigenvalue weighted by molar-refractivity contribution is 7.91. The number of carbonyl (C=O) groups excluding carboxylic acids is 1. The number of rotatable bonds is 5. The first-order chi connectivity index (χ1) is 17.3. The van der Waals surface area contributed by atoms with Crippen LogP contribution in [-0.2, 0) is 16.9 Å². The van der Waals surface area contributed by atoms with E-state index in [1.165, 1.54) is 6.20 Å². The van der Waals surface area contributed by atoms with E-state index in [9.17, 15) is 13.2 Å². The third kappa shape index (κ3) is 4.35. The van der Waals surface area contributed by atoms with Crippen LogP contribution in [0.3, 0.4) is 0 Å². The summed E-state index contributed by atoms with van der Waals surface area (Å²) in [4.78, 5) is 22.2. The SMILES string of the molecule is CC(C)c1cc(C(=O)N2CCN(c3cccc4cc(S(=O)(=O)c5ccccc5)cnc34)CC2)n(C)n1. The maximum absolute atomic E-state index is 13.1. The molecule has 1 amide bonds. The summed E-state index contributed by atoms with van der Waals surface area (Å²) < 4.78 is 27.8. The van der Waals surface area contributed by atoms with Crippen LogP contribution in [0.1, 0.15) is 35.9 Å². The Balaban J connectivity index is 1.35. The lowest BCUT2D eigenvalue weighted by Crippen LogP contribution is -2.49. The lowest BCUT2D eigenvalue weighted by molar-refractivity contribution is 0.0735. The Morgan fingerprint density at radius 2 is 1.64 bits per heavy atom. The predicted molar refractivity (Wildman–Crippen MR) is 139 cm³/mol. The van der Waals surface area contributed by atoms with Gasteiger partial charge in [-0.15, -0.1) is 0 Å². The van der Waals surface area contributed by atoms with Crippen molar-refractivity contribution in [3.8, 4) is 0 Å². The molecule has 5 rings (SSSR count). The zero-order valence-corrected chi connectivity index (χ0v) is 21.4. The lowest BCUT2D eigenvalue weighted by Gasteiger charge is -2.36. The molecule has 1 aliphatic heterocycles. The fourth-order valence-electron chi connectivity index (χ4n) is 4.55. The summed E-state index contributed by atoms with van der Waals surface area (Å²) in [6.07, 6.45) is 1.43. The second-order valence-corrected chi connectivity index (χ2v) is 11.3. The van der Waals surface area contributed by atoms with Gasteiger partial charge in [0, 0.05) is 44.8 Å². The number of hydrogen-bond acceptors (Lipinski definition) is 6. The van der Waals surface area contributed by atoms with E-state index in [0.29, 0.717) is 31.9 Å². The second-order valence-electron chi connectivity index (χ2n) is 9.35. The molecule has 186 valence electrons. The molecule has 9 heteroatoms. The number of nitrogens with zero attached hydrogens (tertiary/aromatic N) is 5. The van der Waals surface area contributed by atoms with Gasteiger partial charge in [0.25, 0.3) is 5.91 Å². The normalized spacial score (nSPS) is 14.6. The summed E-state index contributed by atoms with van der Waals surface area (Å²) in [5.74, 6) is 0.250. The number of piperazine rings is 1. The van der Waals surface area contributed by atoms with Gasteiger partial charge in [-0.25, -0.2) is 8.42 Å². The molecule has 0 saturated carbocycles. The minimum absolute atomic E-state index is 0.0108. The molecular weight excluding hydrogens is 474 g/mol. The van der Waals surface area contributed by atoms with Crippen molar-refractivity contribution in [3.63, 3.8) is 0 Å². The van der Waals surface area contributed by atoms with Crippen molar-refractivity contribution in [3.05, 3.63) is 78.2 Å². The zero-order chi connectivity index (χ0) is 25.4. The van der Waals surface area contributed by atoms with Crippen molar-refractivity contribution in [2.45, 2.75) is 29.6 Å². The predicted octanol–water partition coefficient (Wildman–Crippen LogP) is 3.89. The van der Waals surface area contributed by atoms with E-state index in [-0.39, 0.29) is 21.6 Å². The molecular formula is C27H29N5O3S. The molecule has 36 heavy (non-hydrogen) atoms. The molecule has 1 aliphatic rings. The summed E-state index contributed by atoms with van der Waals surface area (Å²) >= 11 is 0. The van der Waals surface area contributed by atoms with Gasteiger partial charge in [0.05, 0.1) is 26.7 Å². The Morgan fingerprint density at radius 3 is 2.31 bits per heavy atom. The molecule has 1 fully saturated rings. The van der Waals surface area contributed by atoms with Crippen molar-refractivity contribution in [2.75, 3.05) is 31.1 Å². The van der Waals surface area contributed by atoms with Gasteiger partial charge in [-0.05, 0) is 36.2 Å². The number of pyridine rings is 1. The van der Waals surface area contributed by atoms with Gasteiger partial charge in [-0.2, -0.15) is 5.10 Å². The van der Waals surface area contributed by atoms with E-state index in [1.807, 2.05) is 36.2 Å². The molecule has 0 atom stereocenters. The Bertz CT molecular complexity index is 1520. The minimum Gasteiger partial charge on any atom is -0.366 e. The Hall–Kier alpha value is -3.72. The Morgan fingerprint density at radius 1 is 0.917 bits per heavy atom. The van der Waals surface area contributed by atoms with E-state index >= 15 is 0 Å². The minimum atomic E-state index is -3.65. The van der Waals surface area contributed by atoms with E-state index in [4.69, 9.17) is 0 Å². The molecule has 3 heterocycles. The van der Waals surface area contributed by atoms with Gasteiger partial charge in [0.15, 0.2) is 0 Å². The van der Waals surface area contributed by atoms with Crippen molar-refractivity contribution < 1.29 is 13.2 Å². The molecule has 0 spiro atoms. The molecule has 8 nitrogen and oxygen atoms in total. The van der Waals surface area contributed by atoms with Crippen LogP contribution in [0.2, 0.25) is 0 Å². The number of aromatic nitrogens is 3. The molecule has 0 bridgehead atoms. The summed E-state index contributed by atoms with van der Waals surface area (Å²) in [6, 6.07) is 17.7. The van der Waals surface area contributed by atoms with Crippen LogP contribution in [0.25, 0.3) is 10.9 Å². The average Bonchev–Trinajstić information content (AvgIpc) is 3.30. The highest BCUT2D eigenvalue weighted by atomic mass is 32.2. The summed E-state index contributed by atoms with van der Waals surface area (Å²) in [6.45, 7) is 6.61. The van der Waals surface area contributed by atoms with Crippen LogP contribution in [0.4, 0.5) is 5.69 Å². The van der Waals surface area contributed by atoms with Crippen LogP contribution in [0, 0.1) is 0 Å². The zero-order valence-electron chi connectivity index (χ0n) is 20.6. The maximum Gasteiger partial charge on any atom is 0.272 e. The highest BCUT2D eigenvalue weighted by Gasteiger charge is 2.26. The van der Waals surface area contributed by atoms with E-state index in [1.54, 1.807) is 41.1 Å². The number of anilines is 1. The molecule has 4 aromatic rings. The summed E-state index contributed by atoms with van der Waals surface area (Å²) in [7, 11) is -1.84. The standard InChI is InChI=1S/C27H29N5O3S/c1-19(2)23-17-25(30(3)29-23)27(33)32-14-12-31(13-15-32)24-11-7-8-20-16-22(18-28-26(20)24)36(34,35)21-9-5-4-6-10-21/h4-11,16-19H,12-15H2,1-3H3. The van der Waals surface area contributed by atoms with Crippen LogP contribution >= 0.6 is 0 Å². The van der Waals surface area contributed by atoms with Crippen molar-refractivity contribution in [1.29, 1.82) is 0 Å². The van der Waals surface area contributed by atoms with Crippen LogP contribution in [0.15, 0.2) is 76.7 Å². The first kappa shape index (κ1) is 24.0. The molecule has 0 aliphatic carbocycles. The monoisotopic (exact) mass is 503 g/mol. The summed E-state index contributed by atoms with van der Waals surface area (Å²) in [5, 5.41) is 5.24. The van der Waals surface area contributed by atoms with Gasteiger partial charge in [-0.1, -0.05) is 44.2 Å². The number of benzene rings is 2. The summed E-state index contributed by atoms with van der Waals surface area (Å²) in [5.41, 5.74) is 3.20. The molecule has 0 N–H and O–H groups in total. The number of hydrogen-bond donors (Lipinski definition) is 0. The number of para-hydroxylation sites is 1. The van der Waals surface area contributed by atoms with Crippen LogP contribution < -0.4 is 4.90 Å². The fraction of sp³-hybridized carbons (Fsp3) is 0.296. The first-order valence-electron chi connectivity index (χ1n) is 12.0. The van der Waals surface area contributed by atoms with E-state index in [2.05, 4.69) is 28.8 Å². The highest BCUT2D eigenvalue weighted by Crippen LogP contribution is 2.29. The second kappa shape index (κ2) is 9.39. The van der Waals surface area contributed by atoms with Crippen molar-refractivity contribution >= 4 is 32.3 Å². The maximum atomic E-state index is 13.1. The third-order valence-electron chi connectivity index (χ3n) is 6.65. The van der Waals surface area contributed by atoms with Crippen molar-refractivity contribution in [2.24, 2.45) is 7.05 Å². The van der Waals surface area contributed by atoms with Gasteiger partial charge in [0.2, 0.25) is 9.84 Å². The molecule has 1 saturated heterocycles. The van der Waals surface area contributed by atoms with Gasteiger partial charge < -0.3 is 9.80 Å². The number of fused-ring (bicyclic) bond motifs is 1. The van der Waals surface area contributed by atoms with Gasteiger partial charge in [0.1, 0.15) is 5.69 Å². The molecule has 0 unspecified atom stereocenters. The number of carbonyl (C=O) groups is 1. The number of aryl methyl sites for hydroxylation is 1. The Kier molecular flexibility index (Phi) is 6.26. The topological polar surface area (TPSA) is 88.4 Å². The smallest absolute Gasteiger partial charge is 0.272 e. The van der Waals surface area contributed by atoms with E-state index in [0.717, 1.165) is 22.3 Å². The number of sulfone groups is 1. The van der Waals surface area contributed by atoms with Crippen LogP contribution in [-0.4, -0.2) is 60.2 Å². The van der Waals surface area contributed by atoms with Gasteiger partial charge in [-0.3, -0.25) is 14.5 Å². The first-order valence-corrected chi connectivity index (χ1v) is 13.5. The Labute approximate surface area is 211 Å². The van der Waals surface area contributed by atoms with Gasteiger partial charge >= 0.3 is 0 Å². The fourth-order valence-corrected chi connectivity index (χ4v) is 5.81. The largest absolute Gasteiger partial charge is 0.366 e. The third-order valence-corrected chi connectivity index (χ3v) is 8.38. The molecule has 0 radical (unpaired) electrons. The average molecular weight is 504 g/mol.